The molecule has 1 N–H and O–H groups in total. The Morgan fingerprint density at radius 2 is 2.00 bits per heavy atom. The van der Waals surface area contributed by atoms with Crippen LogP contribution in [0.25, 0.3) is 11.0 Å². The second-order valence-corrected chi connectivity index (χ2v) is 5.75. The van der Waals surface area contributed by atoms with E-state index in [0.717, 1.165) is 27.0 Å². The molecule has 4 heteroatoms. The molecule has 0 aliphatic heterocycles. The van der Waals surface area contributed by atoms with Crippen LogP contribution in [0.15, 0.2) is 46.9 Å². The van der Waals surface area contributed by atoms with E-state index in [4.69, 9.17) is 0 Å². The zero-order valence-electron chi connectivity index (χ0n) is 11.5. The van der Waals surface area contributed by atoms with E-state index in [0.29, 0.717) is 6.54 Å². The molecule has 0 spiro atoms. The zero-order chi connectivity index (χ0) is 14.1. The molecule has 102 valence electrons. The van der Waals surface area contributed by atoms with Gasteiger partial charge in [-0.15, -0.1) is 0 Å². The monoisotopic (exact) mass is 329 g/mol. The predicted octanol–water partition coefficient (Wildman–Crippen LogP) is 4.26. The van der Waals surface area contributed by atoms with Gasteiger partial charge in [-0.1, -0.05) is 28.1 Å². The first-order chi connectivity index (χ1) is 9.65. The Kier molecular flexibility index (Phi) is 3.49. The SMILES string of the molecule is Cc1cc(NCc2nc3ccccc3n2C)ccc1Br. The van der Waals surface area contributed by atoms with Gasteiger partial charge in [0.15, 0.2) is 0 Å². The zero-order valence-corrected chi connectivity index (χ0v) is 13.1. The number of rotatable bonds is 3. The van der Waals surface area contributed by atoms with Gasteiger partial charge in [0.05, 0.1) is 17.6 Å². The number of hydrogen-bond donors (Lipinski definition) is 1. The Morgan fingerprint density at radius 3 is 2.75 bits per heavy atom. The standard InChI is InChI=1S/C16H16BrN3/c1-11-9-12(7-8-13(11)17)18-10-16-19-14-5-3-4-6-15(14)20(16)2/h3-9,18H,10H2,1-2H3. The van der Waals surface area contributed by atoms with Crippen LogP contribution in [-0.2, 0) is 13.6 Å². The molecule has 3 rings (SSSR count). The minimum absolute atomic E-state index is 0.715. The molecule has 20 heavy (non-hydrogen) atoms. The first-order valence-electron chi connectivity index (χ1n) is 6.55. The second-order valence-electron chi connectivity index (χ2n) is 4.89. The van der Waals surface area contributed by atoms with Crippen molar-refractivity contribution < 1.29 is 0 Å². The predicted molar refractivity (Wildman–Crippen MR) is 86.9 cm³/mol. The highest BCUT2D eigenvalue weighted by Gasteiger charge is 2.06. The van der Waals surface area contributed by atoms with Gasteiger partial charge in [-0.25, -0.2) is 4.98 Å². The van der Waals surface area contributed by atoms with Crippen LogP contribution < -0.4 is 5.32 Å². The van der Waals surface area contributed by atoms with Crippen molar-refractivity contribution in [1.82, 2.24) is 9.55 Å². The normalized spacial score (nSPS) is 10.9. The number of benzene rings is 2. The number of halogens is 1. The lowest BCUT2D eigenvalue weighted by molar-refractivity contribution is 0.834. The van der Waals surface area contributed by atoms with Gasteiger partial charge in [-0.3, -0.25) is 0 Å². The third-order valence-electron chi connectivity index (χ3n) is 3.49. The first-order valence-corrected chi connectivity index (χ1v) is 7.35. The van der Waals surface area contributed by atoms with Crippen molar-refractivity contribution in [2.24, 2.45) is 7.05 Å². The van der Waals surface area contributed by atoms with E-state index in [2.05, 4.69) is 69.0 Å². The highest BCUT2D eigenvalue weighted by molar-refractivity contribution is 9.10. The Hall–Kier alpha value is -1.81. The number of imidazole rings is 1. The van der Waals surface area contributed by atoms with E-state index in [1.54, 1.807) is 0 Å². The summed E-state index contributed by atoms with van der Waals surface area (Å²) >= 11 is 3.52. The van der Waals surface area contributed by atoms with E-state index in [9.17, 15) is 0 Å². The van der Waals surface area contributed by atoms with Crippen molar-refractivity contribution >= 4 is 32.7 Å². The van der Waals surface area contributed by atoms with Crippen LogP contribution in [0, 0.1) is 6.92 Å². The fourth-order valence-corrected chi connectivity index (χ4v) is 2.54. The van der Waals surface area contributed by atoms with Crippen LogP contribution in [-0.4, -0.2) is 9.55 Å². The average Bonchev–Trinajstić information content (AvgIpc) is 2.77. The molecule has 3 nitrogen and oxygen atoms in total. The lowest BCUT2D eigenvalue weighted by Gasteiger charge is -2.08. The molecule has 2 aromatic carbocycles. The molecule has 0 radical (unpaired) electrons. The molecule has 0 unspecified atom stereocenters. The lowest BCUT2D eigenvalue weighted by atomic mass is 10.2. The van der Waals surface area contributed by atoms with Crippen molar-refractivity contribution in [3.8, 4) is 0 Å². The maximum absolute atomic E-state index is 4.66. The van der Waals surface area contributed by atoms with Crippen molar-refractivity contribution in [3.63, 3.8) is 0 Å². The summed E-state index contributed by atoms with van der Waals surface area (Å²) in [7, 11) is 2.05. The Labute approximate surface area is 126 Å². The molecule has 0 saturated carbocycles. The largest absolute Gasteiger partial charge is 0.378 e. The number of aromatic nitrogens is 2. The molecule has 1 aromatic heterocycles. The summed E-state index contributed by atoms with van der Waals surface area (Å²) in [5.41, 5.74) is 4.54. The van der Waals surface area contributed by atoms with E-state index >= 15 is 0 Å². The van der Waals surface area contributed by atoms with Gasteiger partial charge in [0.1, 0.15) is 5.82 Å². The maximum Gasteiger partial charge on any atom is 0.128 e. The number of nitrogens with zero attached hydrogens (tertiary/aromatic N) is 2. The third kappa shape index (κ3) is 2.43. The van der Waals surface area contributed by atoms with Gasteiger partial charge in [-0.2, -0.15) is 0 Å². The molecular formula is C16H16BrN3. The Bertz CT molecular complexity index is 762. The molecule has 1 heterocycles. The molecule has 0 fully saturated rings. The third-order valence-corrected chi connectivity index (χ3v) is 4.38. The Morgan fingerprint density at radius 1 is 1.20 bits per heavy atom. The fraction of sp³-hybridized carbons (Fsp3) is 0.188. The quantitative estimate of drug-likeness (QED) is 0.778. The first kappa shape index (κ1) is 13.2. The summed E-state index contributed by atoms with van der Waals surface area (Å²) in [4.78, 5) is 4.66. The van der Waals surface area contributed by atoms with Crippen LogP contribution in [0.4, 0.5) is 5.69 Å². The number of para-hydroxylation sites is 2. The van der Waals surface area contributed by atoms with E-state index in [1.807, 2.05) is 18.2 Å². The van der Waals surface area contributed by atoms with Crippen molar-refractivity contribution in [1.29, 1.82) is 0 Å². The van der Waals surface area contributed by atoms with Crippen LogP contribution in [0.2, 0.25) is 0 Å². The Balaban J connectivity index is 1.83. The van der Waals surface area contributed by atoms with E-state index in [-0.39, 0.29) is 0 Å². The summed E-state index contributed by atoms with van der Waals surface area (Å²) in [5.74, 6) is 1.03. The van der Waals surface area contributed by atoms with Crippen LogP contribution in [0.5, 0.6) is 0 Å². The molecule has 3 aromatic rings. The van der Waals surface area contributed by atoms with Gasteiger partial charge in [0.25, 0.3) is 0 Å². The number of hydrogen-bond acceptors (Lipinski definition) is 2. The summed E-state index contributed by atoms with van der Waals surface area (Å²) in [6.45, 7) is 2.80. The van der Waals surface area contributed by atoms with Gasteiger partial charge >= 0.3 is 0 Å². The minimum atomic E-state index is 0.715. The topological polar surface area (TPSA) is 29.9 Å². The lowest BCUT2D eigenvalue weighted by Crippen LogP contribution is -2.06. The van der Waals surface area contributed by atoms with Gasteiger partial charge in [-0.05, 0) is 42.8 Å². The molecule has 0 saturated heterocycles. The van der Waals surface area contributed by atoms with E-state index in [1.165, 1.54) is 5.56 Å². The van der Waals surface area contributed by atoms with Crippen molar-refractivity contribution in [3.05, 3.63) is 58.3 Å². The summed E-state index contributed by atoms with van der Waals surface area (Å²) in [5, 5.41) is 3.43. The molecule has 0 bridgehead atoms. The summed E-state index contributed by atoms with van der Waals surface area (Å²) < 4.78 is 3.26. The number of fused-ring (bicyclic) bond motifs is 1. The summed E-state index contributed by atoms with van der Waals surface area (Å²) in [6, 6.07) is 14.5. The highest BCUT2D eigenvalue weighted by Crippen LogP contribution is 2.21. The highest BCUT2D eigenvalue weighted by atomic mass is 79.9. The maximum atomic E-state index is 4.66. The smallest absolute Gasteiger partial charge is 0.128 e. The molecule has 0 atom stereocenters. The molecule has 0 amide bonds. The number of aryl methyl sites for hydroxylation is 2. The summed E-state index contributed by atoms with van der Waals surface area (Å²) in [6.07, 6.45) is 0. The molecular weight excluding hydrogens is 314 g/mol. The van der Waals surface area contributed by atoms with Crippen LogP contribution in [0.3, 0.4) is 0 Å². The average molecular weight is 330 g/mol. The number of nitrogens with one attached hydrogen (secondary N) is 1. The fourth-order valence-electron chi connectivity index (χ4n) is 2.29. The van der Waals surface area contributed by atoms with Gasteiger partial charge in [0, 0.05) is 17.2 Å². The second kappa shape index (κ2) is 5.29. The van der Waals surface area contributed by atoms with Gasteiger partial charge in [0.2, 0.25) is 0 Å². The molecule has 0 aliphatic rings. The van der Waals surface area contributed by atoms with Crippen molar-refractivity contribution in [2.45, 2.75) is 13.5 Å². The number of anilines is 1. The van der Waals surface area contributed by atoms with Crippen LogP contribution in [0.1, 0.15) is 11.4 Å². The molecule has 0 aliphatic carbocycles. The van der Waals surface area contributed by atoms with Gasteiger partial charge < -0.3 is 9.88 Å². The minimum Gasteiger partial charge on any atom is -0.378 e. The van der Waals surface area contributed by atoms with E-state index < -0.39 is 0 Å². The van der Waals surface area contributed by atoms with Crippen molar-refractivity contribution in [2.75, 3.05) is 5.32 Å². The van der Waals surface area contributed by atoms with Crippen LogP contribution >= 0.6 is 15.9 Å².